The van der Waals surface area contributed by atoms with Gasteiger partial charge in [0.1, 0.15) is 0 Å². The van der Waals surface area contributed by atoms with Crippen molar-refractivity contribution in [2.24, 2.45) is 17.1 Å². The number of hydrogen-bond acceptors (Lipinski definition) is 3. The lowest BCUT2D eigenvalue weighted by atomic mass is 9.72. The number of piperidine rings is 1. The van der Waals surface area contributed by atoms with Crippen molar-refractivity contribution in [3.05, 3.63) is 0 Å². The summed E-state index contributed by atoms with van der Waals surface area (Å²) in [6.07, 6.45) is 2.48. The largest absolute Gasteiger partial charge is 0.330 e. The molecule has 1 aliphatic rings. The summed E-state index contributed by atoms with van der Waals surface area (Å²) in [5.74, 6) is 0.772. The molecule has 0 spiro atoms. The first kappa shape index (κ1) is 13.9. The second-order valence-corrected chi connectivity index (χ2v) is 6.12. The molecule has 1 fully saturated rings. The molecule has 2 N–H and O–H groups in total. The SMILES string of the molecule is CN(C)CCN1CCC(C)(C)C(CCN)C1. The molecule has 1 unspecified atom stereocenters. The number of nitrogens with zero attached hydrogens (tertiary/aromatic N) is 2. The Kier molecular flexibility index (Phi) is 5.22. The number of hydrogen-bond donors (Lipinski definition) is 1. The van der Waals surface area contributed by atoms with E-state index in [1.165, 1.54) is 32.5 Å². The van der Waals surface area contributed by atoms with Crippen LogP contribution in [-0.4, -0.2) is 56.6 Å². The summed E-state index contributed by atoms with van der Waals surface area (Å²) < 4.78 is 0. The predicted molar refractivity (Wildman–Crippen MR) is 70.6 cm³/mol. The lowest BCUT2D eigenvalue weighted by Crippen LogP contribution is -2.47. The van der Waals surface area contributed by atoms with Crippen LogP contribution in [0.3, 0.4) is 0 Å². The molecule has 0 aliphatic carbocycles. The highest BCUT2D eigenvalue weighted by Crippen LogP contribution is 2.37. The first-order valence-electron chi connectivity index (χ1n) is 6.53. The zero-order valence-corrected chi connectivity index (χ0v) is 11.5. The molecule has 0 aromatic carbocycles. The first-order chi connectivity index (χ1) is 7.45. The Hall–Kier alpha value is -0.120. The summed E-state index contributed by atoms with van der Waals surface area (Å²) in [6, 6.07) is 0. The standard InChI is InChI=1S/C13H29N3/c1-13(2)6-8-16(10-9-15(3)4)11-12(13)5-7-14/h12H,5-11,14H2,1-4H3. The van der Waals surface area contributed by atoms with Gasteiger partial charge in [-0.2, -0.15) is 0 Å². The molecule has 1 saturated heterocycles. The van der Waals surface area contributed by atoms with Gasteiger partial charge < -0.3 is 15.5 Å². The van der Waals surface area contributed by atoms with E-state index >= 15 is 0 Å². The number of nitrogens with two attached hydrogens (primary N) is 1. The van der Waals surface area contributed by atoms with Crippen LogP contribution in [0.5, 0.6) is 0 Å². The number of likely N-dealkylation sites (N-methyl/N-ethyl adjacent to an activating group) is 1. The molecule has 0 amide bonds. The quantitative estimate of drug-likeness (QED) is 0.767. The Morgan fingerprint density at radius 1 is 1.38 bits per heavy atom. The van der Waals surface area contributed by atoms with Gasteiger partial charge in [0, 0.05) is 19.6 Å². The van der Waals surface area contributed by atoms with Gasteiger partial charge in [0.05, 0.1) is 0 Å². The van der Waals surface area contributed by atoms with Gasteiger partial charge in [-0.1, -0.05) is 13.8 Å². The lowest BCUT2D eigenvalue weighted by Gasteiger charge is -2.44. The van der Waals surface area contributed by atoms with Crippen molar-refractivity contribution in [1.29, 1.82) is 0 Å². The topological polar surface area (TPSA) is 32.5 Å². The number of rotatable bonds is 5. The molecule has 1 heterocycles. The average molecular weight is 227 g/mol. The lowest BCUT2D eigenvalue weighted by molar-refractivity contribution is 0.0530. The molecule has 0 aromatic heterocycles. The third-order valence-electron chi connectivity index (χ3n) is 4.03. The third kappa shape index (κ3) is 4.04. The van der Waals surface area contributed by atoms with E-state index in [2.05, 4.69) is 37.7 Å². The molecular weight excluding hydrogens is 198 g/mol. The molecule has 1 rings (SSSR count). The highest BCUT2D eigenvalue weighted by Gasteiger charge is 2.34. The fraction of sp³-hybridized carbons (Fsp3) is 1.00. The minimum atomic E-state index is 0.480. The van der Waals surface area contributed by atoms with E-state index in [4.69, 9.17) is 5.73 Å². The smallest absolute Gasteiger partial charge is 0.0109 e. The molecule has 0 aromatic rings. The first-order valence-corrected chi connectivity index (χ1v) is 6.53. The fourth-order valence-electron chi connectivity index (χ4n) is 2.53. The Labute approximate surface area is 101 Å². The summed E-state index contributed by atoms with van der Waals surface area (Å²) in [4.78, 5) is 4.86. The van der Waals surface area contributed by atoms with E-state index in [1.54, 1.807) is 0 Å². The highest BCUT2D eigenvalue weighted by molar-refractivity contribution is 4.86. The van der Waals surface area contributed by atoms with Crippen molar-refractivity contribution >= 4 is 0 Å². The van der Waals surface area contributed by atoms with Crippen LogP contribution in [0.4, 0.5) is 0 Å². The van der Waals surface area contributed by atoms with Gasteiger partial charge in [0.2, 0.25) is 0 Å². The Bertz CT molecular complexity index is 199. The monoisotopic (exact) mass is 227 g/mol. The molecule has 16 heavy (non-hydrogen) atoms. The maximum Gasteiger partial charge on any atom is 0.0109 e. The van der Waals surface area contributed by atoms with E-state index in [0.29, 0.717) is 5.41 Å². The van der Waals surface area contributed by atoms with Crippen molar-refractivity contribution < 1.29 is 0 Å². The molecule has 3 heteroatoms. The van der Waals surface area contributed by atoms with Crippen LogP contribution in [0.1, 0.15) is 26.7 Å². The van der Waals surface area contributed by atoms with Gasteiger partial charge in [-0.3, -0.25) is 0 Å². The van der Waals surface area contributed by atoms with Gasteiger partial charge in [0.25, 0.3) is 0 Å². The summed E-state index contributed by atoms with van der Waals surface area (Å²) in [7, 11) is 4.29. The molecular formula is C13H29N3. The molecule has 3 nitrogen and oxygen atoms in total. The molecule has 96 valence electrons. The summed E-state index contributed by atoms with van der Waals surface area (Å²) in [5.41, 5.74) is 6.20. The second kappa shape index (κ2) is 5.99. The van der Waals surface area contributed by atoms with Crippen LogP contribution in [0.25, 0.3) is 0 Å². The molecule has 0 saturated carbocycles. The van der Waals surface area contributed by atoms with Gasteiger partial charge >= 0.3 is 0 Å². The maximum atomic E-state index is 5.72. The van der Waals surface area contributed by atoms with Crippen LogP contribution in [-0.2, 0) is 0 Å². The molecule has 0 radical (unpaired) electrons. The van der Waals surface area contributed by atoms with E-state index in [0.717, 1.165) is 19.0 Å². The van der Waals surface area contributed by atoms with Crippen LogP contribution in [0.15, 0.2) is 0 Å². The van der Waals surface area contributed by atoms with Crippen LogP contribution >= 0.6 is 0 Å². The second-order valence-electron chi connectivity index (χ2n) is 6.12. The van der Waals surface area contributed by atoms with Crippen LogP contribution in [0, 0.1) is 11.3 Å². The Morgan fingerprint density at radius 3 is 2.62 bits per heavy atom. The van der Waals surface area contributed by atoms with Gasteiger partial charge in [-0.15, -0.1) is 0 Å². The van der Waals surface area contributed by atoms with Crippen LogP contribution in [0.2, 0.25) is 0 Å². The summed E-state index contributed by atoms with van der Waals surface area (Å²) >= 11 is 0. The third-order valence-corrected chi connectivity index (χ3v) is 4.03. The Morgan fingerprint density at radius 2 is 2.06 bits per heavy atom. The maximum absolute atomic E-state index is 5.72. The van der Waals surface area contributed by atoms with Crippen LogP contribution < -0.4 is 5.73 Å². The Balaban J connectivity index is 2.42. The zero-order chi connectivity index (χ0) is 12.2. The van der Waals surface area contributed by atoms with E-state index in [1.807, 2.05) is 0 Å². The van der Waals surface area contributed by atoms with Crippen molar-refractivity contribution in [3.8, 4) is 0 Å². The van der Waals surface area contributed by atoms with Gasteiger partial charge in [-0.25, -0.2) is 0 Å². The molecule has 1 aliphatic heterocycles. The van der Waals surface area contributed by atoms with Gasteiger partial charge in [-0.05, 0) is 51.4 Å². The molecule has 0 bridgehead atoms. The average Bonchev–Trinajstić information content (AvgIpc) is 2.19. The van der Waals surface area contributed by atoms with Crippen molar-refractivity contribution in [3.63, 3.8) is 0 Å². The highest BCUT2D eigenvalue weighted by atomic mass is 15.2. The van der Waals surface area contributed by atoms with E-state index < -0.39 is 0 Å². The van der Waals surface area contributed by atoms with E-state index in [9.17, 15) is 0 Å². The summed E-state index contributed by atoms with van der Waals surface area (Å²) in [6.45, 7) is 10.5. The van der Waals surface area contributed by atoms with Crippen molar-refractivity contribution in [2.75, 3.05) is 46.8 Å². The summed E-state index contributed by atoms with van der Waals surface area (Å²) in [5, 5.41) is 0. The zero-order valence-electron chi connectivity index (χ0n) is 11.5. The fourth-order valence-corrected chi connectivity index (χ4v) is 2.53. The molecule has 1 atom stereocenters. The predicted octanol–water partition coefficient (Wildman–Crippen LogP) is 1.24. The van der Waals surface area contributed by atoms with Crippen molar-refractivity contribution in [2.45, 2.75) is 26.7 Å². The minimum Gasteiger partial charge on any atom is -0.330 e. The normalized spacial score (nSPS) is 26.2. The van der Waals surface area contributed by atoms with Gasteiger partial charge in [0.15, 0.2) is 0 Å². The van der Waals surface area contributed by atoms with E-state index in [-0.39, 0.29) is 0 Å². The number of likely N-dealkylation sites (tertiary alicyclic amines) is 1. The van der Waals surface area contributed by atoms with Crippen molar-refractivity contribution in [1.82, 2.24) is 9.80 Å². The minimum absolute atomic E-state index is 0.480.